The van der Waals surface area contributed by atoms with Gasteiger partial charge in [0.2, 0.25) is 0 Å². The number of benzene rings is 1. The number of carbonyl (C=O) groups excluding carboxylic acids is 1. The van der Waals surface area contributed by atoms with Gasteiger partial charge in [0.05, 0.1) is 16.6 Å². The number of carbonyl (C=O) groups is 1. The average molecular weight is 253 g/mol. The highest BCUT2D eigenvalue weighted by molar-refractivity contribution is 5.94. The molecule has 2 rings (SSSR count). The number of nitro benzene ring substituents is 1. The molecule has 7 heteroatoms. The second-order valence-electron chi connectivity index (χ2n) is 4.08. The van der Waals surface area contributed by atoms with E-state index in [1.54, 1.807) is 0 Å². The van der Waals surface area contributed by atoms with Crippen molar-refractivity contribution in [2.75, 3.05) is 13.1 Å². The van der Waals surface area contributed by atoms with Crippen LogP contribution in [0.1, 0.15) is 16.8 Å². The van der Waals surface area contributed by atoms with E-state index in [0.717, 1.165) is 31.2 Å². The van der Waals surface area contributed by atoms with Gasteiger partial charge in [-0.2, -0.15) is 0 Å². The van der Waals surface area contributed by atoms with Crippen LogP contribution < -0.4 is 10.6 Å². The molecule has 1 aliphatic heterocycles. The van der Waals surface area contributed by atoms with Gasteiger partial charge >= 0.3 is 0 Å². The Morgan fingerprint density at radius 1 is 1.56 bits per heavy atom. The van der Waals surface area contributed by atoms with Gasteiger partial charge in [0, 0.05) is 18.7 Å². The first-order chi connectivity index (χ1) is 8.58. The Balaban J connectivity index is 2.12. The number of nitrogens with one attached hydrogen (secondary N) is 2. The topological polar surface area (TPSA) is 84.3 Å². The molecule has 0 aliphatic carbocycles. The van der Waals surface area contributed by atoms with Crippen molar-refractivity contribution >= 4 is 11.6 Å². The van der Waals surface area contributed by atoms with Gasteiger partial charge in [0.25, 0.3) is 11.6 Å². The first-order valence-electron chi connectivity index (χ1n) is 5.53. The second-order valence-corrected chi connectivity index (χ2v) is 4.08. The second kappa shape index (κ2) is 5.09. The van der Waals surface area contributed by atoms with Crippen molar-refractivity contribution in [1.29, 1.82) is 0 Å². The van der Waals surface area contributed by atoms with E-state index in [1.807, 2.05) is 0 Å². The summed E-state index contributed by atoms with van der Waals surface area (Å²) in [6, 6.07) is 2.98. The van der Waals surface area contributed by atoms with E-state index in [2.05, 4.69) is 10.6 Å². The van der Waals surface area contributed by atoms with E-state index in [9.17, 15) is 19.3 Å². The van der Waals surface area contributed by atoms with E-state index < -0.39 is 16.6 Å². The smallest absolute Gasteiger partial charge is 0.272 e. The van der Waals surface area contributed by atoms with Crippen molar-refractivity contribution in [3.05, 3.63) is 39.7 Å². The lowest BCUT2D eigenvalue weighted by molar-refractivity contribution is -0.385. The average Bonchev–Trinajstić information content (AvgIpc) is 2.81. The standard InChI is InChI=1S/C11H12FN3O3/c12-10-5-8(15(17)18)1-2-9(10)11(16)14-7-3-4-13-6-7/h1-2,5,7,13H,3-4,6H2,(H,14,16)/t7-/m0/s1. The summed E-state index contributed by atoms with van der Waals surface area (Å²) in [5.41, 5.74) is -0.543. The molecule has 0 saturated carbocycles. The van der Waals surface area contributed by atoms with Crippen molar-refractivity contribution < 1.29 is 14.1 Å². The van der Waals surface area contributed by atoms with Crippen LogP contribution in [-0.2, 0) is 0 Å². The summed E-state index contributed by atoms with van der Waals surface area (Å²) < 4.78 is 13.6. The predicted molar refractivity (Wildman–Crippen MR) is 61.8 cm³/mol. The van der Waals surface area contributed by atoms with Gasteiger partial charge in [-0.15, -0.1) is 0 Å². The van der Waals surface area contributed by atoms with Crippen LogP contribution in [0.2, 0.25) is 0 Å². The van der Waals surface area contributed by atoms with Gasteiger partial charge < -0.3 is 10.6 Å². The largest absolute Gasteiger partial charge is 0.348 e. The molecule has 1 aliphatic rings. The molecular weight excluding hydrogens is 241 g/mol. The van der Waals surface area contributed by atoms with Gasteiger partial charge in [-0.05, 0) is 19.0 Å². The molecule has 18 heavy (non-hydrogen) atoms. The van der Waals surface area contributed by atoms with Crippen LogP contribution in [0.15, 0.2) is 18.2 Å². The molecule has 1 fully saturated rings. The van der Waals surface area contributed by atoms with Gasteiger partial charge in [-0.3, -0.25) is 14.9 Å². The summed E-state index contributed by atoms with van der Waals surface area (Å²) in [5, 5.41) is 16.2. The quantitative estimate of drug-likeness (QED) is 0.617. The molecule has 1 aromatic carbocycles. The molecule has 1 heterocycles. The molecule has 0 unspecified atom stereocenters. The fourth-order valence-electron chi connectivity index (χ4n) is 1.84. The first-order valence-corrected chi connectivity index (χ1v) is 5.53. The molecule has 0 aromatic heterocycles. The van der Waals surface area contributed by atoms with E-state index in [4.69, 9.17) is 0 Å². The minimum absolute atomic E-state index is 0.0212. The number of non-ortho nitro benzene ring substituents is 1. The first kappa shape index (κ1) is 12.4. The highest BCUT2D eigenvalue weighted by Gasteiger charge is 2.20. The summed E-state index contributed by atoms with van der Waals surface area (Å²) in [4.78, 5) is 21.5. The maximum atomic E-state index is 13.6. The monoisotopic (exact) mass is 253 g/mol. The molecule has 1 aromatic rings. The van der Waals surface area contributed by atoms with Crippen molar-refractivity contribution in [2.24, 2.45) is 0 Å². The molecule has 96 valence electrons. The molecule has 2 N–H and O–H groups in total. The van der Waals surface area contributed by atoms with Gasteiger partial charge in [-0.1, -0.05) is 0 Å². The zero-order valence-electron chi connectivity index (χ0n) is 9.48. The third kappa shape index (κ3) is 2.62. The fraction of sp³-hybridized carbons (Fsp3) is 0.364. The van der Waals surface area contributed by atoms with Crippen LogP contribution in [-0.4, -0.2) is 30.0 Å². The number of amides is 1. The molecule has 0 bridgehead atoms. The lowest BCUT2D eigenvalue weighted by Gasteiger charge is -2.11. The minimum Gasteiger partial charge on any atom is -0.348 e. The Hall–Kier alpha value is -2.02. The third-order valence-electron chi connectivity index (χ3n) is 2.80. The maximum absolute atomic E-state index is 13.6. The van der Waals surface area contributed by atoms with E-state index >= 15 is 0 Å². The Bertz CT molecular complexity index is 486. The summed E-state index contributed by atoms with van der Waals surface area (Å²) in [6.45, 7) is 1.47. The van der Waals surface area contributed by atoms with Gasteiger partial charge in [0.1, 0.15) is 5.82 Å². The number of halogens is 1. The zero-order valence-corrected chi connectivity index (χ0v) is 9.48. The summed E-state index contributed by atoms with van der Waals surface area (Å²) in [7, 11) is 0. The molecule has 1 saturated heterocycles. The lowest BCUT2D eigenvalue weighted by atomic mass is 10.1. The van der Waals surface area contributed by atoms with E-state index in [0.29, 0.717) is 6.54 Å². The summed E-state index contributed by atoms with van der Waals surface area (Å²) in [5.74, 6) is -1.43. The van der Waals surface area contributed by atoms with Gasteiger partial charge in [0.15, 0.2) is 0 Å². The van der Waals surface area contributed by atoms with Crippen LogP contribution in [0.3, 0.4) is 0 Å². The van der Waals surface area contributed by atoms with Crippen molar-refractivity contribution in [3.8, 4) is 0 Å². The number of hydrogen-bond donors (Lipinski definition) is 2. The Labute approximate surface area is 102 Å². The fourth-order valence-corrected chi connectivity index (χ4v) is 1.84. The Morgan fingerprint density at radius 3 is 2.89 bits per heavy atom. The highest BCUT2D eigenvalue weighted by Crippen LogP contribution is 2.16. The van der Waals surface area contributed by atoms with Crippen molar-refractivity contribution in [1.82, 2.24) is 10.6 Å². The van der Waals surface area contributed by atoms with Gasteiger partial charge in [-0.25, -0.2) is 4.39 Å². The number of nitro groups is 1. The van der Waals surface area contributed by atoms with E-state index in [1.165, 1.54) is 0 Å². The lowest BCUT2D eigenvalue weighted by Crippen LogP contribution is -2.36. The predicted octanol–water partition coefficient (Wildman–Crippen LogP) is 0.826. The molecular formula is C11H12FN3O3. The van der Waals surface area contributed by atoms with Crippen LogP contribution >= 0.6 is 0 Å². The Kier molecular flexibility index (Phi) is 3.52. The van der Waals surface area contributed by atoms with E-state index in [-0.39, 0.29) is 17.3 Å². The van der Waals surface area contributed by atoms with Crippen LogP contribution in [0.4, 0.5) is 10.1 Å². The van der Waals surface area contributed by atoms with Crippen LogP contribution in [0.5, 0.6) is 0 Å². The SMILES string of the molecule is O=C(N[C@H]1CCNC1)c1ccc([N+](=O)[O-])cc1F. The van der Waals surface area contributed by atoms with Crippen molar-refractivity contribution in [2.45, 2.75) is 12.5 Å². The number of hydrogen-bond acceptors (Lipinski definition) is 4. The third-order valence-corrected chi connectivity index (χ3v) is 2.80. The van der Waals surface area contributed by atoms with Crippen molar-refractivity contribution in [3.63, 3.8) is 0 Å². The Morgan fingerprint density at radius 2 is 2.33 bits per heavy atom. The maximum Gasteiger partial charge on any atom is 0.272 e. The zero-order chi connectivity index (χ0) is 13.1. The summed E-state index contributed by atoms with van der Waals surface area (Å²) >= 11 is 0. The molecule has 6 nitrogen and oxygen atoms in total. The summed E-state index contributed by atoms with van der Waals surface area (Å²) in [6.07, 6.45) is 0.792. The van der Waals surface area contributed by atoms with Crippen LogP contribution in [0.25, 0.3) is 0 Å². The highest BCUT2D eigenvalue weighted by atomic mass is 19.1. The number of rotatable bonds is 3. The van der Waals surface area contributed by atoms with Crippen LogP contribution in [0, 0.1) is 15.9 Å². The normalized spacial score (nSPS) is 18.6. The molecule has 0 radical (unpaired) electrons. The molecule has 1 atom stereocenters. The minimum atomic E-state index is -0.882. The molecule has 1 amide bonds. The molecule has 0 spiro atoms. The number of nitrogens with zero attached hydrogens (tertiary/aromatic N) is 1.